The summed E-state index contributed by atoms with van der Waals surface area (Å²) in [6, 6.07) is 5.35. The largest absolute Gasteiger partial charge is 0.323 e. The number of urea groups is 1. The van der Waals surface area contributed by atoms with Crippen LogP contribution in [0.3, 0.4) is 0 Å². The number of anilines is 1. The number of nitrogens with one attached hydrogen (secondary N) is 1. The van der Waals surface area contributed by atoms with E-state index in [1.54, 1.807) is 18.0 Å². The van der Waals surface area contributed by atoms with Crippen molar-refractivity contribution in [2.75, 3.05) is 25.5 Å². The highest BCUT2D eigenvalue weighted by Gasteiger charge is 2.20. The zero-order valence-electron chi connectivity index (χ0n) is 13.4. The number of hydrogen-bond donors (Lipinski definition) is 1. The SMILES string of the molecule is CCN(C(=O)N(C)CC(=O)Nc1cccc(C)n1)C(C)C. The average Bonchev–Trinajstić information content (AvgIpc) is 2.38. The number of nitrogens with zero attached hydrogens (tertiary/aromatic N) is 3. The minimum Gasteiger partial charge on any atom is -0.323 e. The Morgan fingerprint density at radius 1 is 1.33 bits per heavy atom. The van der Waals surface area contributed by atoms with Gasteiger partial charge in [0.15, 0.2) is 0 Å². The number of pyridine rings is 1. The lowest BCUT2D eigenvalue weighted by Gasteiger charge is -2.29. The fraction of sp³-hybridized carbons (Fsp3) is 0.533. The van der Waals surface area contributed by atoms with Crippen molar-refractivity contribution in [3.05, 3.63) is 23.9 Å². The van der Waals surface area contributed by atoms with Crippen LogP contribution in [0, 0.1) is 6.92 Å². The molecule has 6 heteroatoms. The molecule has 1 rings (SSSR count). The zero-order valence-corrected chi connectivity index (χ0v) is 13.4. The molecule has 0 bridgehead atoms. The number of aryl methyl sites for hydroxylation is 1. The second kappa shape index (κ2) is 7.61. The van der Waals surface area contributed by atoms with Gasteiger partial charge < -0.3 is 15.1 Å². The second-order valence-corrected chi connectivity index (χ2v) is 5.23. The average molecular weight is 292 g/mol. The molecule has 0 atom stereocenters. The van der Waals surface area contributed by atoms with Crippen LogP contribution >= 0.6 is 0 Å². The Morgan fingerprint density at radius 3 is 2.52 bits per heavy atom. The first kappa shape index (κ1) is 16.9. The van der Waals surface area contributed by atoms with Crippen molar-refractivity contribution in [1.29, 1.82) is 0 Å². The molecular weight excluding hydrogens is 268 g/mol. The van der Waals surface area contributed by atoms with Crippen LogP contribution in [-0.2, 0) is 4.79 Å². The molecule has 0 aliphatic heterocycles. The molecule has 0 saturated heterocycles. The summed E-state index contributed by atoms with van der Waals surface area (Å²) in [5.41, 5.74) is 0.828. The Hall–Kier alpha value is -2.11. The highest BCUT2D eigenvalue weighted by molar-refractivity contribution is 5.93. The van der Waals surface area contributed by atoms with Crippen LogP contribution in [0.5, 0.6) is 0 Å². The van der Waals surface area contributed by atoms with Crippen molar-refractivity contribution >= 4 is 17.8 Å². The van der Waals surface area contributed by atoms with Crippen LogP contribution < -0.4 is 5.32 Å². The second-order valence-electron chi connectivity index (χ2n) is 5.23. The van der Waals surface area contributed by atoms with Crippen molar-refractivity contribution in [2.24, 2.45) is 0 Å². The molecule has 3 amide bonds. The number of carbonyl (C=O) groups excluding carboxylic acids is 2. The topological polar surface area (TPSA) is 65.5 Å². The number of likely N-dealkylation sites (N-methyl/N-ethyl adjacent to an activating group) is 1. The molecule has 0 aliphatic carbocycles. The molecule has 0 aromatic carbocycles. The van der Waals surface area contributed by atoms with Gasteiger partial charge in [0.1, 0.15) is 12.4 Å². The van der Waals surface area contributed by atoms with E-state index in [-0.39, 0.29) is 24.5 Å². The lowest BCUT2D eigenvalue weighted by Crippen LogP contribution is -2.47. The van der Waals surface area contributed by atoms with Gasteiger partial charge in [-0.3, -0.25) is 4.79 Å². The first-order valence-electron chi connectivity index (χ1n) is 7.10. The smallest absolute Gasteiger partial charge is 0.320 e. The Balaban J connectivity index is 2.59. The molecule has 1 aromatic rings. The molecule has 0 fully saturated rings. The molecule has 0 aliphatic rings. The van der Waals surface area contributed by atoms with Crippen LogP contribution in [0.1, 0.15) is 26.5 Å². The molecule has 0 unspecified atom stereocenters. The van der Waals surface area contributed by atoms with Gasteiger partial charge in [0, 0.05) is 25.3 Å². The van der Waals surface area contributed by atoms with E-state index >= 15 is 0 Å². The van der Waals surface area contributed by atoms with Gasteiger partial charge in [-0.05, 0) is 39.8 Å². The summed E-state index contributed by atoms with van der Waals surface area (Å²) >= 11 is 0. The molecule has 1 heterocycles. The van der Waals surface area contributed by atoms with Crippen molar-refractivity contribution in [1.82, 2.24) is 14.8 Å². The van der Waals surface area contributed by atoms with Crippen LogP contribution in [0.4, 0.5) is 10.6 Å². The Kier molecular flexibility index (Phi) is 6.14. The summed E-state index contributed by atoms with van der Waals surface area (Å²) in [6.07, 6.45) is 0. The summed E-state index contributed by atoms with van der Waals surface area (Å²) in [4.78, 5) is 31.5. The lowest BCUT2D eigenvalue weighted by molar-refractivity contribution is -0.116. The highest BCUT2D eigenvalue weighted by Crippen LogP contribution is 2.05. The third kappa shape index (κ3) is 5.06. The normalized spacial score (nSPS) is 10.4. The maximum absolute atomic E-state index is 12.2. The summed E-state index contributed by atoms with van der Waals surface area (Å²) in [6.45, 7) is 8.28. The van der Waals surface area contributed by atoms with E-state index in [9.17, 15) is 9.59 Å². The molecule has 21 heavy (non-hydrogen) atoms. The van der Waals surface area contributed by atoms with Gasteiger partial charge in [-0.2, -0.15) is 0 Å². The van der Waals surface area contributed by atoms with E-state index < -0.39 is 0 Å². The summed E-state index contributed by atoms with van der Waals surface area (Å²) in [5.74, 6) is 0.237. The van der Waals surface area contributed by atoms with Crippen molar-refractivity contribution in [3.8, 4) is 0 Å². The highest BCUT2D eigenvalue weighted by atomic mass is 16.2. The van der Waals surface area contributed by atoms with Gasteiger partial charge in [0.2, 0.25) is 5.91 Å². The fourth-order valence-corrected chi connectivity index (χ4v) is 2.02. The minimum absolute atomic E-state index is 0.00231. The van der Waals surface area contributed by atoms with Gasteiger partial charge in [-0.15, -0.1) is 0 Å². The van der Waals surface area contributed by atoms with Crippen LogP contribution in [0.15, 0.2) is 18.2 Å². The van der Waals surface area contributed by atoms with E-state index in [2.05, 4.69) is 10.3 Å². The van der Waals surface area contributed by atoms with Gasteiger partial charge in [-0.1, -0.05) is 6.07 Å². The van der Waals surface area contributed by atoms with Gasteiger partial charge in [-0.25, -0.2) is 9.78 Å². The number of aromatic nitrogens is 1. The first-order chi connectivity index (χ1) is 9.85. The molecular formula is C15H24N4O2. The number of rotatable bonds is 5. The predicted octanol–water partition coefficient (Wildman–Crippen LogP) is 2.11. The monoisotopic (exact) mass is 292 g/mol. The number of hydrogen-bond acceptors (Lipinski definition) is 3. The van der Waals surface area contributed by atoms with Gasteiger partial charge in [0.25, 0.3) is 0 Å². The van der Waals surface area contributed by atoms with E-state index in [4.69, 9.17) is 0 Å². The van der Waals surface area contributed by atoms with Gasteiger partial charge in [0.05, 0.1) is 0 Å². The molecule has 1 N–H and O–H groups in total. The molecule has 0 radical (unpaired) electrons. The van der Waals surface area contributed by atoms with Crippen LogP contribution in [0.25, 0.3) is 0 Å². The van der Waals surface area contributed by atoms with Crippen molar-refractivity contribution in [2.45, 2.75) is 33.7 Å². The van der Waals surface area contributed by atoms with Gasteiger partial charge >= 0.3 is 6.03 Å². The predicted molar refractivity (Wildman–Crippen MR) is 83.1 cm³/mol. The first-order valence-corrected chi connectivity index (χ1v) is 7.10. The zero-order chi connectivity index (χ0) is 16.0. The third-order valence-corrected chi connectivity index (χ3v) is 3.07. The lowest BCUT2D eigenvalue weighted by atomic mass is 10.3. The van der Waals surface area contributed by atoms with Crippen molar-refractivity contribution < 1.29 is 9.59 Å². The van der Waals surface area contributed by atoms with Crippen LogP contribution in [-0.4, -0.2) is 52.9 Å². The number of carbonyl (C=O) groups is 2. The van der Waals surface area contributed by atoms with E-state index in [0.29, 0.717) is 12.4 Å². The minimum atomic E-state index is -0.260. The molecule has 0 spiro atoms. The fourth-order valence-electron chi connectivity index (χ4n) is 2.02. The summed E-state index contributed by atoms with van der Waals surface area (Å²) < 4.78 is 0. The van der Waals surface area contributed by atoms with E-state index in [0.717, 1.165) is 5.69 Å². The molecule has 6 nitrogen and oxygen atoms in total. The summed E-state index contributed by atoms with van der Waals surface area (Å²) in [5, 5.41) is 2.69. The quantitative estimate of drug-likeness (QED) is 0.904. The standard InChI is InChI=1S/C15H24N4O2/c1-6-19(11(2)3)15(21)18(5)10-14(20)17-13-9-7-8-12(4)16-13/h7-9,11H,6,10H2,1-5H3,(H,16,17,20). The van der Waals surface area contributed by atoms with E-state index in [1.165, 1.54) is 4.90 Å². The maximum atomic E-state index is 12.2. The molecule has 0 saturated carbocycles. The maximum Gasteiger partial charge on any atom is 0.320 e. The van der Waals surface area contributed by atoms with Crippen LogP contribution in [0.2, 0.25) is 0 Å². The van der Waals surface area contributed by atoms with E-state index in [1.807, 2.05) is 39.8 Å². The molecule has 116 valence electrons. The van der Waals surface area contributed by atoms with Crippen molar-refractivity contribution in [3.63, 3.8) is 0 Å². The third-order valence-electron chi connectivity index (χ3n) is 3.07. The Bertz CT molecular complexity index is 502. The summed E-state index contributed by atoms with van der Waals surface area (Å²) in [7, 11) is 1.62. The number of amides is 3. The molecule has 1 aromatic heterocycles. The Labute approximate surface area is 126 Å². The Morgan fingerprint density at radius 2 is 2.00 bits per heavy atom.